The van der Waals surface area contributed by atoms with E-state index in [2.05, 4.69) is 12.2 Å². The molecule has 1 amide bonds. The van der Waals surface area contributed by atoms with Gasteiger partial charge in [-0.2, -0.15) is 0 Å². The maximum Gasteiger partial charge on any atom is 0.248 e. The zero-order chi connectivity index (χ0) is 14.4. The lowest BCUT2D eigenvalue weighted by Crippen LogP contribution is -2.21. The van der Waals surface area contributed by atoms with E-state index in [1.807, 2.05) is 12.1 Å². The van der Waals surface area contributed by atoms with Gasteiger partial charge < -0.3 is 11.1 Å². The van der Waals surface area contributed by atoms with Crippen molar-refractivity contribution in [3.05, 3.63) is 35.4 Å². The lowest BCUT2D eigenvalue weighted by Gasteiger charge is -2.26. The molecule has 110 valence electrons. The predicted molar refractivity (Wildman–Crippen MR) is 82.4 cm³/mol. The molecule has 0 aliphatic heterocycles. The van der Waals surface area contributed by atoms with Crippen LogP contribution in [-0.2, 0) is 6.54 Å². The van der Waals surface area contributed by atoms with Crippen molar-refractivity contribution in [3.63, 3.8) is 0 Å². The van der Waals surface area contributed by atoms with Crippen LogP contribution >= 0.6 is 0 Å². The van der Waals surface area contributed by atoms with E-state index in [1.165, 1.54) is 37.7 Å². The molecule has 0 bridgehead atoms. The first-order valence-electron chi connectivity index (χ1n) is 7.74. The first-order valence-corrected chi connectivity index (χ1v) is 7.74. The van der Waals surface area contributed by atoms with Gasteiger partial charge in [-0.15, -0.1) is 0 Å². The molecule has 3 N–H and O–H groups in total. The highest BCUT2D eigenvalue weighted by Gasteiger charge is 2.17. The van der Waals surface area contributed by atoms with Gasteiger partial charge in [-0.3, -0.25) is 4.79 Å². The summed E-state index contributed by atoms with van der Waals surface area (Å²) in [5.41, 5.74) is 7.00. The fraction of sp³-hybridized carbons (Fsp3) is 0.588. The molecule has 20 heavy (non-hydrogen) atoms. The summed E-state index contributed by atoms with van der Waals surface area (Å²) in [4.78, 5) is 11.0. The predicted octanol–water partition coefficient (Wildman–Crippen LogP) is 3.09. The minimum atomic E-state index is -0.365. The molecule has 1 saturated carbocycles. The van der Waals surface area contributed by atoms with E-state index < -0.39 is 0 Å². The molecule has 2 unspecified atom stereocenters. The average Bonchev–Trinajstić information content (AvgIpc) is 2.44. The molecule has 0 aromatic heterocycles. The number of nitrogens with one attached hydrogen (secondary N) is 1. The number of carbonyl (C=O) groups excluding carboxylic acids is 1. The molecule has 1 aliphatic rings. The Labute approximate surface area is 121 Å². The zero-order valence-electron chi connectivity index (χ0n) is 12.4. The second kappa shape index (κ2) is 7.44. The standard InChI is InChI=1S/C17H26N2O/c1-13-3-2-4-14(11-13)9-10-19-12-15-5-7-16(8-6-15)17(18)20/h5-8,13-14,19H,2-4,9-12H2,1H3,(H2,18,20). The Kier molecular flexibility index (Phi) is 5.60. The highest BCUT2D eigenvalue weighted by atomic mass is 16.1. The van der Waals surface area contributed by atoms with Gasteiger partial charge >= 0.3 is 0 Å². The number of primary amides is 1. The van der Waals surface area contributed by atoms with E-state index in [4.69, 9.17) is 5.73 Å². The first kappa shape index (κ1) is 15.0. The fourth-order valence-electron chi connectivity index (χ4n) is 3.15. The van der Waals surface area contributed by atoms with Crippen LogP contribution in [0, 0.1) is 11.8 Å². The van der Waals surface area contributed by atoms with E-state index in [0.717, 1.165) is 24.9 Å². The Bertz CT molecular complexity index is 427. The van der Waals surface area contributed by atoms with Gasteiger partial charge in [0.15, 0.2) is 0 Å². The molecule has 1 aromatic rings. The van der Waals surface area contributed by atoms with Gasteiger partial charge in [-0.05, 0) is 48.9 Å². The van der Waals surface area contributed by atoms with Crippen molar-refractivity contribution in [2.24, 2.45) is 17.6 Å². The maximum absolute atomic E-state index is 11.0. The normalized spacial score (nSPS) is 22.6. The third kappa shape index (κ3) is 4.64. The molecular formula is C17H26N2O. The van der Waals surface area contributed by atoms with Crippen LogP contribution in [0.2, 0.25) is 0 Å². The van der Waals surface area contributed by atoms with E-state index in [-0.39, 0.29) is 5.91 Å². The second-order valence-electron chi connectivity index (χ2n) is 6.16. The topological polar surface area (TPSA) is 55.1 Å². The van der Waals surface area contributed by atoms with Gasteiger partial charge in [0.25, 0.3) is 0 Å². The molecule has 1 aromatic carbocycles. The van der Waals surface area contributed by atoms with Gasteiger partial charge in [-0.1, -0.05) is 38.3 Å². The molecule has 0 radical (unpaired) electrons. The van der Waals surface area contributed by atoms with Gasteiger partial charge in [0.2, 0.25) is 5.91 Å². The Morgan fingerprint density at radius 2 is 2.05 bits per heavy atom. The molecule has 0 heterocycles. The average molecular weight is 274 g/mol. The summed E-state index contributed by atoms with van der Waals surface area (Å²) in [7, 11) is 0. The number of hydrogen-bond acceptors (Lipinski definition) is 2. The van der Waals surface area contributed by atoms with Crippen LogP contribution in [0.15, 0.2) is 24.3 Å². The number of hydrogen-bond donors (Lipinski definition) is 2. The van der Waals surface area contributed by atoms with Crippen LogP contribution in [0.4, 0.5) is 0 Å². The molecule has 0 spiro atoms. The summed E-state index contributed by atoms with van der Waals surface area (Å²) >= 11 is 0. The Balaban J connectivity index is 1.66. The minimum Gasteiger partial charge on any atom is -0.366 e. The van der Waals surface area contributed by atoms with Gasteiger partial charge in [0.1, 0.15) is 0 Å². The summed E-state index contributed by atoms with van der Waals surface area (Å²) in [6.45, 7) is 4.32. The van der Waals surface area contributed by atoms with Crippen molar-refractivity contribution >= 4 is 5.91 Å². The summed E-state index contributed by atoms with van der Waals surface area (Å²) in [5, 5.41) is 3.50. The van der Waals surface area contributed by atoms with Crippen molar-refractivity contribution < 1.29 is 4.79 Å². The van der Waals surface area contributed by atoms with E-state index in [9.17, 15) is 4.79 Å². The van der Waals surface area contributed by atoms with Gasteiger partial charge in [0, 0.05) is 12.1 Å². The monoisotopic (exact) mass is 274 g/mol. The molecule has 0 saturated heterocycles. The van der Waals surface area contributed by atoms with Gasteiger partial charge in [-0.25, -0.2) is 0 Å². The second-order valence-corrected chi connectivity index (χ2v) is 6.16. The Morgan fingerprint density at radius 3 is 2.70 bits per heavy atom. The SMILES string of the molecule is CC1CCCC(CCNCc2ccc(C(N)=O)cc2)C1. The molecule has 3 nitrogen and oxygen atoms in total. The third-order valence-electron chi connectivity index (χ3n) is 4.34. The van der Waals surface area contributed by atoms with Crippen LogP contribution in [0.5, 0.6) is 0 Å². The number of benzene rings is 1. The third-order valence-corrected chi connectivity index (χ3v) is 4.34. The number of carbonyl (C=O) groups is 1. The Hall–Kier alpha value is -1.35. The highest BCUT2D eigenvalue weighted by molar-refractivity contribution is 5.92. The molecule has 2 atom stereocenters. The maximum atomic E-state index is 11.0. The van der Waals surface area contributed by atoms with Crippen LogP contribution in [-0.4, -0.2) is 12.5 Å². The van der Waals surface area contributed by atoms with Crippen molar-refractivity contribution in [3.8, 4) is 0 Å². The highest BCUT2D eigenvalue weighted by Crippen LogP contribution is 2.30. The quantitative estimate of drug-likeness (QED) is 0.783. The van der Waals surface area contributed by atoms with E-state index >= 15 is 0 Å². The number of rotatable bonds is 6. The summed E-state index contributed by atoms with van der Waals surface area (Å²) in [6.07, 6.45) is 6.90. The molecule has 2 rings (SSSR count). The minimum absolute atomic E-state index is 0.365. The lowest BCUT2D eigenvalue weighted by atomic mass is 9.81. The van der Waals surface area contributed by atoms with E-state index in [0.29, 0.717) is 5.56 Å². The summed E-state index contributed by atoms with van der Waals surface area (Å²) < 4.78 is 0. The van der Waals surface area contributed by atoms with Crippen LogP contribution in [0.25, 0.3) is 0 Å². The van der Waals surface area contributed by atoms with Crippen LogP contribution in [0.1, 0.15) is 54.9 Å². The smallest absolute Gasteiger partial charge is 0.248 e. The Morgan fingerprint density at radius 1 is 1.30 bits per heavy atom. The van der Waals surface area contributed by atoms with Crippen molar-refractivity contribution in [2.45, 2.75) is 45.6 Å². The molecule has 3 heteroatoms. The van der Waals surface area contributed by atoms with Gasteiger partial charge in [0.05, 0.1) is 0 Å². The largest absolute Gasteiger partial charge is 0.366 e. The molecule has 1 fully saturated rings. The molecule has 1 aliphatic carbocycles. The summed E-state index contributed by atoms with van der Waals surface area (Å²) in [5.74, 6) is 1.45. The van der Waals surface area contributed by atoms with Crippen LogP contribution in [0.3, 0.4) is 0 Å². The van der Waals surface area contributed by atoms with E-state index in [1.54, 1.807) is 12.1 Å². The fourth-order valence-corrected chi connectivity index (χ4v) is 3.15. The number of nitrogens with two attached hydrogens (primary N) is 1. The van der Waals surface area contributed by atoms with Crippen molar-refractivity contribution in [1.29, 1.82) is 0 Å². The molecular weight excluding hydrogens is 248 g/mol. The number of amides is 1. The van der Waals surface area contributed by atoms with Crippen molar-refractivity contribution in [1.82, 2.24) is 5.32 Å². The summed E-state index contributed by atoms with van der Waals surface area (Å²) in [6, 6.07) is 7.52. The lowest BCUT2D eigenvalue weighted by molar-refractivity contribution is 0.100. The zero-order valence-corrected chi connectivity index (χ0v) is 12.4. The van der Waals surface area contributed by atoms with Crippen molar-refractivity contribution in [2.75, 3.05) is 6.54 Å². The first-order chi connectivity index (χ1) is 9.65. The van der Waals surface area contributed by atoms with Crippen LogP contribution < -0.4 is 11.1 Å².